The Kier molecular flexibility index (Phi) is 0.831. The zero-order valence-corrected chi connectivity index (χ0v) is 4.34. The predicted octanol–water partition coefficient (Wildman–Crippen LogP) is 1.77. The Morgan fingerprint density at radius 3 is 1.83 bits per heavy atom. The number of rotatable bonds is 0. The molecule has 2 heteroatoms. The highest BCUT2D eigenvalue weighted by Crippen LogP contribution is 2.38. The van der Waals surface area contributed by atoms with Crippen molar-refractivity contribution >= 4 is 12.6 Å². The third-order valence-corrected chi connectivity index (χ3v) is 1.57. The third-order valence-electron chi connectivity index (χ3n) is 1.12. The fourth-order valence-corrected chi connectivity index (χ4v) is 0.785. The zero-order chi connectivity index (χ0) is 4.62. The Labute approximate surface area is 42.1 Å². The molecule has 36 valence electrons. The van der Waals surface area contributed by atoms with Gasteiger partial charge in [-0.05, 0) is 19.3 Å². The molecule has 0 saturated heterocycles. The largest absolute Gasteiger partial charge is 0.232 e. The first kappa shape index (κ1) is 4.44. The molecular weight excluding hydrogens is 99.1 g/mol. The minimum absolute atomic E-state index is 0.649. The molecule has 0 radical (unpaired) electrons. The van der Waals surface area contributed by atoms with E-state index in [1.165, 1.54) is 0 Å². The van der Waals surface area contributed by atoms with Gasteiger partial charge in [0.1, 0.15) is 0 Å². The zero-order valence-electron chi connectivity index (χ0n) is 3.45. The second-order valence-electron chi connectivity index (χ2n) is 1.77. The molecule has 0 aromatic carbocycles. The lowest BCUT2D eigenvalue weighted by Gasteiger charge is -2.27. The molecule has 0 N–H and O–H groups in total. The summed E-state index contributed by atoms with van der Waals surface area (Å²) in [5, 5.41) is -1.08. The van der Waals surface area contributed by atoms with Crippen molar-refractivity contribution in [1.29, 1.82) is 0 Å². The minimum atomic E-state index is -1.08. The van der Waals surface area contributed by atoms with Crippen LogP contribution in [-0.2, 0) is 0 Å². The first-order valence-corrected chi connectivity index (χ1v) is 2.57. The second-order valence-corrected chi connectivity index (χ2v) is 2.57. The number of thiol groups is 1. The molecule has 1 rings (SSSR count). The van der Waals surface area contributed by atoms with Crippen LogP contribution in [0, 0.1) is 0 Å². The summed E-state index contributed by atoms with van der Waals surface area (Å²) in [6.45, 7) is 0. The van der Waals surface area contributed by atoms with Gasteiger partial charge in [0.2, 0.25) is 0 Å². The van der Waals surface area contributed by atoms with Crippen LogP contribution in [0.4, 0.5) is 4.39 Å². The van der Waals surface area contributed by atoms with E-state index in [4.69, 9.17) is 0 Å². The van der Waals surface area contributed by atoms with Crippen molar-refractivity contribution in [2.45, 2.75) is 24.3 Å². The van der Waals surface area contributed by atoms with Crippen LogP contribution in [0.25, 0.3) is 0 Å². The van der Waals surface area contributed by atoms with Crippen LogP contribution in [-0.4, -0.2) is 5.00 Å². The van der Waals surface area contributed by atoms with Crippen molar-refractivity contribution in [3.05, 3.63) is 0 Å². The van der Waals surface area contributed by atoms with Crippen molar-refractivity contribution in [3.8, 4) is 0 Å². The van der Waals surface area contributed by atoms with Gasteiger partial charge in [-0.15, -0.1) is 12.6 Å². The smallest absolute Gasteiger partial charge is 0.153 e. The molecule has 0 heterocycles. The van der Waals surface area contributed by atoms with Crippen molar-refractivity contribution in [2.75, 3.05) is 0 Å². The van der Waals surface area contributed by atoms with Gasteiger partial charge in [0.15, 0.2) is 5.00 Å². The highest BCUT2D eigenvalue weighted by molar-refractivity contribution is 7.81. The van der Waals surface area contributed by atoms with E-state index in [0.29, 0.717) is 12.8 Å². The summed E-state index contributed by atoms with van der Waals surface area (Å²) in [7, 11) is 0. The quantitative estimate of drug-likeness (QED) is 0.447. The molecule has 0 amide bonds. The maximum atomic E-state index is 12.1. The van der Waals surface area contributed by atoms with Crippen LogP contribution in [0.15, 0.2) is 0 Å². The van der Waals surface area contributed by atoms with Gasteiger partial charge >= 0.3 is 0 Å². The van der Waals surface area contributed by atoms with E-state index in [1.807, 2.05) is 0 Å². The van der Waals surface area contributed by atoms with Crippen molar-refractivity contribution < 1.29 is 4.39 Å². The Morgan fingerprint density at radius 2 is 1.83 bits per heavy atom. The molecule has 0 unspecified atom stereocenters. The molecule has 0 bridgehead atoms. The van der Waals surface area contributed by atoms with Gasteiger partial charge in [0, 0.05) is 0 Å². The monoisotopic (exact) mass is 106 g/mol. The van der Waals surface area contributed by atoms with Crippen LogP contribution in [0.2, 0.25) is 0 Å². The molecule has 1 aliphatic rings. The summed E-state index contributed by atoms with van der Waals surface area (Å²) < 4.78 is 12.1. The third kappa shape index (κ3) is 0.672. The summed E-state index contributed by atoms with van der Waals surface area (Å²) >= 11 is 3.67. The summed E-state index contributed by atoms with van der Waals surface area (Å²) in [6.07, 6.45) is 2.31. The standard InChI is InChI=1S/C4H7FS/c5-4(6)2-1-3-4/h6H,1-3H2. The number of alkyl halides is 1. The molecule has 0 spiro atoms. The van der Waals surface area contributed by atoms with E-state index in [0.717, 1.165) is 6.42 Å². The van der Waals surface area contributed by atoms with E-state index in [9.17, 15) is 4.39 Å². The summed E-state index contributed by atoms with van der Waals surface area (Å²) in [4.78, 5) is 0. The topological polar surface area (TPSA) is 0 Å². The van der Waals surface area contributed by atoms with Crippen molar-refractivity contribution in [3.63, 3.8) is 0 Å². The Hall–Kier alpha value is 0.280. The Bertz CT molecular complexity index is 54.6. The molecule has 0 aromatic heterocycles. The van der Waals surface area contributed by atoms with E-state index < -0.39 is 5.00 Å². The van der Waals surface area contributed by atoms with E-state index >= 15 is 0 Å². The highest BCUT2D eigenvalue weighted by atomic mass is 32.1. The summed E-state index contributed by atoms with van der Waals surface area (Å²) in [5.41, 5.74) is 0. The fourth-order valence-electron chi connectivity index (χ4n) is 0.469. The average Bonchev–Trinajstić information content (AvgIpc) is 1.32. The van der Waals surface area contributed by atoms with Gasteiger partial charge in [-0.3, -0.25) is 0 Å². The van der Waals surface area contributed by atoms with Gasteiger partial charge in [-0.1, -0.05) is 0 Å². The molecule has 1 aliphatic carbocycles. The van der Waals surface area contributed by atoms with Crippen LogP contribution < -0.4 is 0 Å². The Morgan fingerprint density at radius 1 is 1.50 bits per heavy atom. The van der Waals surface area contributed by atoms with Gasteiger partial charge < -0.3 is 0 Å². The van der Waals surface area contributed by atoms with Crippen LogP contribution in [0.5, 0.6) is 0 Å². The lowest BCUT2D eigenvalue weighted by Crippen LogP contribution is -2.23. The van der Waals surface area contributed by atoms with Crippen molar-refractivity contribution in [1.82, 2.24) is 0 Å². The molecular formula is C4H7FS. The summed E-state index contributed by atoms with van der Waals surface area (Å²) in [5.74, 6) is 0. The normalized spacial score (nSPS) is 29.0. The molecule has 6 heavy (non-hydrogen) atoms. The lowest BCUT2D eigenvalue weighted by atomic mass is 9.97. The molecule has 1 saturated carbocycles. The second kappa shape index (κ2) is 1.12. The van der Waals surface area contributed by atoms with Gasteiger partial charge in [0.25, 0.3) is 0 Å². The van der Waals surface area contributed by atoms with Crippen molar-refractivity contribution in [2.24, 2.45) is 0 Å². The van der Waals surface area contributed by atoms with Crippen LogP contribution in [0.1, 0.15) is 19.3 Å². The average molecular weight is 106 g/mol. The number of hydrogen-bond acceptors (Lipinski definition) is 1. The van der Waals surface area contributed by atoms with E-state index in [1.54, 1.807) is 0 Å². The SMILES string of the molecule is FC1(S)CCC1. The summed E-state index contributed by atoms with van der Waals surface area (Å²) in [6, 6.07) is 0. The van der Waals surface area contributed by atoms with Crippen LogP contribution in [0.3, 0.4) is 0 Å². The lowest BCUT2D eigenvalue weighted by molar-refractivity contribution is 0.173. The number of hydrogen-bond donors (Lipinski definition) is 1. The van der Waals surface area contributed by atoms with Gasteiger partial charge in [0.05, 0.1) is 0 Å². The van der Waals surface area contributed by atoms with Crippen LogP contribution >= 0.6 is 12.6 Å². The molecule has 0 aromatic rings. The first-order chi connectivity index (χ1) is 2.71. The molecule has 0 atom stereocenters. The van der Waals surface area contributed by atoms with E-state index in [-0.39, 0.29) is 0 Å². The Balaban J connectivity index is 2.31. The molecule has 1 fully saturated rings. The highest BCUT2D eigenvalue weighted by Gasteiger charge is 2.31. The van der Waals surface area contributed by atoms with Gasteiger partial charge in [-0.25, -0.2) is 4.39 Å². The number of halogens is 1. The first-order valence-electron chi connectivity index (χ1n) is 2.12. The predicted molar refractivity (Wildman–Crippen MR) is 26.7 cm³/mol. The van der Waals surface area contributed by atoms with Gasteiger partial charge in [-0.2, -0.15) is 0 Å². The fraction of sp³-hybridized carbons (Fsp3) is 1.00. The minimum Gasteiger partial charge on any atom is -0.232 e. The maximum absolute atomic E-state index is 12.1. The molecule has 0 nitrogen and oxygen atoms in total. The molecule has 0 aliphatic heterocycles. The van der Waals surface area contributed by atoms with E-state index in [2.05, 4.69) is 12.6 Å². The maximum Gasteiger partial charge on any atom is 0.153 e.